The van der Waals surface area contributed by atoms with Crippen LogP contribution in [0.4, 0.5) is 4.39 Å². The van der Waals surface area contributed by atoms with E-state index in [9.17, 15) is 4.39 Å². The van der Waals surface area contributed by atoms with Gasteiger partial charge in [0.25, 0.3) is 0 Å². The van der Waals surface area contributed by atoms with Gasteiger partial charge in [-0.15, -0.1) is 0 Å². The number of hydrogen-bond donors (Lipinski definition) is 0. The Morgan fingerprint density at radius 3 is 2.88 bits per heavy atom. The third-order valence-corrected chi connectivity index (χ3v) is 2.88. The number of aromatic nitrogens is 2. The van der Waals surface area contributed by atoms with E-state index in [-0.39, 0.29) is 0 Å². The molecule has 0 unspecified atom stereocenters. The van der Waals surface area contributed by atoms with Gasteiger partial charge >= 0.3 is 0 Å². The van der Waals surface area contributed by atoms with Crippen molar-refractivity contribution in [3.05, 3.63) is 47.5 Å². The second-order valence-corrected chi connectivity index (χ2v) is 4.27. The van der Waals surface area contributed by atoms with Crippen LogP contribution in [0.5, 0.6) is 0 Å². The van der Waals surface area contributed by atoms with Crippen LogP contribution in [0.25, 0.3) is 5.69 Å². The lowest BCUT2D eigenvalue weighted by Crippen LogP contribution is -1.97. The van der Waals surface area contributed by atoms with E-state index in [1.165, 1.54) is 25.0 Å². The van der Waals surface area contributed by atoms with Crippen LogP contribution in [0.1, 0.15) is 30.0 Å². The summed E-state index contributed by atoms with van der Waals surface area (Å²) in [6.45, 7) is 0. The summed E-state index contributed by atoms with van der Waals surface area (Å²) in [7, 11) is 0. The van der Waals surface area contributed by atoms with Gasteiger partial charge in [-0.25, -0.2) is 9.07 Å². The summed E-state index contributed by atoms with van der Waals surface area (Å²) < 4.78 is 14.9. The molecule has 2 aromatic rings. The highest BCUT2D eigenvalue weighted by Gasteiger charge is 2.25. The zero-order valence-electron chi connectivity index (χ0n) is 9.10. The fourth-order valence-electron chi connectivity index (χ4n) is 1.85. The Morgan fingerprint density at radius 1 is 1.35 bits per heavy atom. The standard InChI is InChI=1S/C13H10FN3/c14-11-5-9(8-15)6-12(7-11)17-4-3-13(16-17)10-1-2-10/h3-7,10H,1-2H2. The first-order valence-electron chi connectivity index (χ1n) is 5.53. The molecule has 0 radical (unpaired) electrons. The molecule has 84 valence electrons. The van der Waals surface area contributed by atoms with Crippen molar-refractivity contribution in [1.82, 2.24) is 9.78 Å². The molecule has 0 atom stereocenters. The predicted molar refractivity (Wildman–Crippen MR) is 60.2 cm³/mol. The van der Waals surface area contributed by atoms with Crippen molar-refractivity contribution in [2.45, 2.75) is 18.8 Å². The Kier molecular flexibility index (Phi) is 2.19. The molecule has 3 nitrogen and oxygen atoms in total. The van der Waals surface area contributed by atoms with Gasteiger partial charge in [-0.05, 0) is 37.1 Å². The maximum atomic E-state index is 13.3. The monoisotopic (exact) mass is 227 g/mol. The van der Waals surface area contributed by atoms with E-state index in [2.05, 4.69) is 5.10 Å². The molecule has 0 N–H and O–H groups in total. The van der Waals surface area contributed by atoms with E-state index in [0.717, 1.165) is 5.69 Å². The third-order valence-electron chi connectivity index (χ3n) is 2.88. The minimum absolute atomic E-state index is 0.309. The molecule has 4 heteroatoms. The highest BCUT2D eigenvalue weighted by Crippen LogP contribution is 2.39. The van der Waals surface area contributed by atoms with E-state index in [1.807, 2.05) is 18.3 Å². The first-order chi connectivity index (χ1) is 8.26. The van der Waals surface area contributed by atoms with Crippen LogP contribution >= 0.6 is 0 Å². The fraction of sp³-hybridized carbons (Fsp3) is 0.231. The molecule has 1 saturated carbocycles. The molecule has 0 bridgehead atoms. The summed E-state index contributed by atoms with van der Waals surface area (Å²) >= 11 is 0. The number of rotatable bonds is 2. The summed E-state index contributed by atoms with van der Waals surface area (Å²) in [5.74, 6) is 0.155. The van der Waals surface area contributed by atoms with Crippen molar-refractivity contribution < 1.29 is 4.39 Å². The molecule has 0 aliphatic heterocycles. The maximum Gasteiger partial charge on any atom is 0.126 e. The number of hydrogen-bond acceptors (Lipinski definition) is 2. The maximum absolute atomic E-state index is 13.3. The van der Waals surface area contributed by atoms with Crippen molar-refractivity contribution in [1.29, 1.82) is 5.26 Å². The zero-order valence-corrected chi connectivity index (χ0v) is 9.10. The van der Waals surface area contributed by atoms with Crippen LogP contribution in [0.2, 0.25) is 0 Å². The van der Waals surface area contributed by atoms with E-state index in [0.29, 0.717) is 17.2 Å². The third kappa shape index (κ3) is 1.92. The quantitative estimate of drug-likeness (QED) is 0.791. The van der Waals surface area contributed by atoms with Gasteiger partial charge in [0, 0.05) is 12.1 Å². The highest BCUT2D eigenvalue weighted by molar-refractivity contribution is 5.41. The van der Waals surface area contributed by atoms with Gasteiger partial charge in [0.1, 0.15) is 5.82 Å². The molecule has 1 aliphatic rings. The second kappa shape index (κ2) is 3.70. The summed E-state index contributed by atoms with van der Waals surface area (Å²) in [6, 6.07) is 8.12. The van der Waals surface area contributed by atoms with Crippen LogP contribution in [0, 0.1) is 17.1 Å². The number of halogens is 1. The van der Waals surface area contributed by atoms with Crippen molar-refractivity contribution >= 4 is 0 Å². The summed E-state index contributed by atoms with van der Waals surface area (Å²) in [4.78, 5) is 0. The lowest BCUT2D eigenvalue weighted by Gasteiger charge is -2.02. The molecule has 1 aromatic carbocycles. The number of nitriles is 1. The summed E-state index contributed by atoms with van der Waals surface area (Å²) in [6.07, 6.45) is 4.18. The van der Waals surface area contributed by atoms with Crippen LogP contribution in [0.15, 0.2) is 30.5 Å². The summed E-state index contributed by atoms with van der Waals surface area (Å²) in [5.41, 5.74) is 1.95. The van der Waals surface area contributed by atoms with Crippen LogP contribution in [0.3, 0.4) is 0 Å². The normalized spacial score (nSPS) is 14.6. The largest absolute Gasteiger partial charge is 0.241 e. The highest BCUT2D eigenvalue weighted by atomic mass is 19.1. The Labute approximate surface area is 98.1 Å². The lowest BCUT2D eigenvalue weighted by molar-refractivity contribution is 0.624. The second-order valence-electron chi connectivity index (χ2n) is 4.27. The Bertz CT molecular complexity index is 605. The number of nitrogens with zero attached hydrogens (tertiary/aromatic N) is 3. The topological polar surface area (TPSA) is 41.6 Å². The molecule has 0 spiro atoms. The molecular weight excluding hydrogens is 217 g/mol. The van der Waals surface area contributed by atoms with Gasteiger partial charge in [-0.2, -0.15) is 10.4 Å². The Hall–Kier alpha value is -2.15. The minimum atomic E-state index is -0.414. The smallest absolute Gasteiger partial charge is 0.126 e. The van der Waals surface area contributed by atoms with Crippen LogP contribution in [-0.2, 0) is 0 Å². The fourth-order valence-corrected chi connectivity index (χ4v) is 1.85. The SMILES string of the molecule is N#Cc1cc(F)cc(-n2ccc(C3CC3)n2)c1. The predicted octanol–water partition coefficient (Wildman–Crippen LogP) is 2.76. The van der Waals surface area contributed by atoms with Gasteiger partial charge in [-0.1, -0.05) is 0 Å². The molecule has 1 aromatic heterocycles. The van der Waals surface area contributed by atoms with Gasteiger partial charge in [0.15, 0.2) is 0 Å². The Balaban J connectivity index is 2.01. The average Bonchev–Trinajstić information content (AvgIpc) is 3.06. The zero-order chi connectivity index (χ0) is 11.8. The Morgan fingerprint density at radius 2 is 2.18 bits per heavy atom. The van der Waals surface area contributed by atoms with Crippen molar-refractivity contribution in [3.8, 4) is 11.8 Å². The molecule has 0 amide bonds. The van der Waals surface area contributed by atoms with E-state index < -0.39 is 5.82 Å². The van der Waals surface area contributed by atoms with Crippen LogP contribution in [-0.4, -0.2) is 9.78 Å². The summed E-state index contributed by atoms with van der Waals surface area (Å²) in [5, 5.41) is 13.2. The molecule has 0 saturated heterocycles. The van der Waals surface area contributed by atoms with E-state index in [4.69, 9.17) is 5.26 Å². The van der Waals surface area contributed by atoms with Gasteiger partial charge < -0.3 is 0 Å². The van der Waals surface area contributed by atoms with Crippen molar-refractivity contribution in [2.75, 3.05) is 0 Å². The van der Waals surface area contributed by atoms with Gasteiger partial charge in [0.05, 0.1) is 23.0 Å². The number of benzene rings is 1. The van der Waals surface area contributed by atoms with Gasteiger partial charge in [-0.3, -0.25) is 0 Å². The van der Waals surface area contributed by atoms with E-state index >= 15 is 0 Å². The molecule has 17 heavy (non-hydrogen) atoms. The molecule has 1 fully saturated rings. The first-order valence-corrected chi connectivity index (χ1v) is 5.53. The van der Waals surface area contributed by atoms with Crippen molar-refractivity contribution in [3.63, 3.8) is 0 Å². The molecule has 3 rings (SSSR count). The minimum Gasteiger partial charge on any atom is -0.241 e. The lowest BCUT2D eigenvalue weighted by atomic mass is 10.2. The first kappa shape index (κ1) is 10.0. The molecule has 1 heterocycles. The average molecular weight is 227 g/mol. The molecular formula is C13H10FN3. The van der Waals surface area contributed by atoms with E-state index in [1.54, 1.807) is 10.7 Å². The van der Waals surface area contributed by atoms with Gasteiger partial charge in [0.2, 0.25) is 0 Å². The van der Waals surface area contributed by atoms with Crippen molar-refractivity contribution in [2.24, 2.45) is 0 Å². The van der Waals surface area contributed by atoms with Crippen LogP contribution < -0.4 is 0 Å². The molecule has 1 aliphatic carbocycles.